The van der Waals surface area contributed by atoms with E-state index in [1.54, 1.807) is 7.11 Å². The van der Waals surface area contributed by atoms with Crippen LogP contribution in [0.25, 0.3) is 0 Å². The standard InChI is InChI=1S/C17H29NO2/c1-6-9-13(3)20-16-11-8-10-15(19-5)17(16)14(4)18-12-7-2/h8,10-11,13-14,18H,6-7,9,12H2,1-5H3. The van der Waals surface area contributed by atoms with Crippen molar-refractivity contribution in [2.75, 3.05) is 13.7 Å². The Morgan fingerprint density at radius 3 is 2.40 bits per heavy atom. The monoisotopic (exact) mass is 279 g/mol. The molecule has 114 valence electrons. The Hall–Kier alpha value is -1.22. The van der Waals surface area contributed by atoms with Crippen LogP contribution in [0.15, 0.2) is 18.2 Å². The molecule has 1 aromatic rings. The van der Waals surface area contributed by atoms with Crippen LogP contribution in [-0.4, -0.2) is 19.8 Å². The lowest BCUT2D eigenvalue weighted by Gasteiger charge is -2.23. The molecule has 0 saturated heterocycles. The second-order valence-corrected chi connectivity index (χ2v) is 5.27. The van der Waals surface area contributed by atoms with Gasteiger partial charge in [-0.25, -0.2) is 0 Å². The molecule has 0 aromatic heterocycles. The Labute approximate surface area is 123 Å². The number of hydrogen-bond donors (Lipinski definition) is 1. The van der Waals surface area contributed by atoms with E-state index in [4.69, 9.17) is 9.47 Å². The van der Waals surface area contributed by atoms with Crippen molar-refractivity contribution >= 4 is 0 Å². The van der Waals surface area contributed by atoms with E-state index in [-0.39, 0.29) is 12.1 Å². The van der Waals surface area contributed by atoms with Crippen LogP contribution in [0.1, 0.15) is 58.6 Å². The maximum Gasteiger partial charge on any atom is 0.128 e. The van der Waals surface area contributed by atoms with E-state index >= 15 is 0 Å². The molecule has 2 unspecified atom stereocenters. The van der Waals surface area contributed by atoms with E-state index in [9.17, 15) is 0 Å². The number of methoxy groups -OCH3 is 1. The summed E-state index contributed by atoms with van der Waals surface area (Å²) in [6.07, 6.45) is 3.53. The maximum absolute atomic E-state index is 6.11. The molecular weight excluding hydrogens is 250 g/mol. The molecule has 0 fully saturated rings. The van der Waals surface area contributed by atoms with Crippen LogP contribution in [-0.2, 0) is 0 Å². The second kappa shape index (κ2) is 8.85. The van der Waals surface area contributed by atoms with Gasteiger partial charge in [0.1, 0.15) is 11.5 Å². The molecule has 0 spiro atoms. The Balaban J connectivity index is 2.97. The first kappa shape index (κ1) is 16.8. The van der Waals surface area contributed by atoms with Gasteiger partial charge >= 0.3 is 0 Å². The summed E-state index contributed by atoms with van der Waals surface area (Å²) in [6, 6.07) is 6.24. The van der Waals surface area contributed by atoms with Crippen LogP contribution < -0.4 is 14.8 Å². The molecule has 0 aliphatic heterocycles. The summed E-state index contributed by atoms with van der Waals surface area (Å²) < 4.78 is 11.6. The molecule has 0 amide bonds. The van der Waals surface area contributed by atoms with Crippen molar-refractivity contribution in [3.05, 3.63) is 23.8 Å². The summed E-state index contributed by atoms with van der Waals surface area (Å²) in [5.41, 5.74) is 1.12. The number of benzene rings is 1. The maximum atomic E-state index is 6.11. The van der Waals surface area contributed by atoms with E-state index in [1.165, 1.54) is 0 Å². The lowest BCUT2D eigenvalue weighted by atomic mass is 10.1. The van der Waals surface area contributed by atoms with E-state index in [2.05, 4.69) is 33.0 Å². The van der Waals surface area contributed by atoms with Gasteiger partial charge in [-0.05, 0) is 45.4 Å². The van der Waals surface area contributed by atoms with Gasteiger partial charge in [0.15, 0.2) is 0 Å². The number of rotatable bonds is 9. The van der Waals surface area contributed by atoms with Crippen LogP contribution in [0.4, 0.5) is 0 Å². The Morgan fingerprint density at radius 1 is 1.10 bits per heavy atom. The van der Waals surface area contributed by atoms with Gasteiger partial charge in [-0.1, -0.05) is 26.3 Å². The molecule has 0 heterocycles. The SMILES string of the molecule is CCCNC(C)c1c(OC)cccc1OC(C)CCC. The summed E-state index contributed by atoms with van der Waals surface area (Å²) in [7, 11) is 1.71. The van der Waals surface area contributed by atoms with Gasteiger partial charge in [-0.2, -0.15) is 0 Å². The minimum Gasteiger partial charge on any atom is -0.496 e. The van der Waals surface area contributed by atoms with Gasteiger partial charge < -0.3 is 14.8 Å². The molecule has 2 atom stereocenters. The highest BCUT2D eigenvalue weighted by Crippen LogP contribution is 2.34. The van der Waals surface area contributed by atoms with Gasteiger partial charge in [0, 0.05) is 6.04 Å². The van der Waals surface area contributed by atoms with Crippen molar-refractivity contribution in [1.82, 2.24) is 5.32 Å². The minimum atomic E-state index is 0.218. The third-order valence-corrected chi connectivity index (χ3v) is 3.40. The molecule has 0 saturated carbocycles. The molecule has 0 bridgehead atoms. The van der Waals surface area contributed by atoms with Crippen LogP contribution in [0.3, 0.4) is 0 Å². The summed E-state index contributed by atoms with van der Waals surface area (Å²) >= 11 is 0. The van der Waals surface area contributed by atoms with Gasteiger partial charge in [0.05, 0.1) is 18.8 Å². The summed E-state index contributed by atoms with van der Waals surface area (Å²) in [4.78, 5) is 0. The number of ether oxygens (including phenoxy) is 2. The molecule has 3 nitrogen and oxygen atoms in total. The first-order valence-corrected chi connectivity index (χ1v) is 7.70. The van der Waals surface area contributed by atoms with Gasteiger partial charge in [0.25, 0.3) is 0 Å². The molecule has 20 heavy (non-hydrogen) atoms. The van der Waals surface area contributed by atoms with Crippen molar-refractivity contribution in [3.63, 3.8) is 0 Å². The number of nitrogens with one attached hydrogen (secondary N) is 1. The van der Waals surface area contributed by atoms with Crippen LogP contribution in [0.2, 0.25) is 0 Å². The Morgan fingerprint density at radius 2 is 1.80 bits per heavy atom. The predicted molar refractivity (Wildman–Crippen MR) is 84.7 cm³/mol. The molecule has 1 N–H and O–H groups in total. The van der Waals surface area contributed by atoms with Crippen LogP contribution in [0, 0.1) is 0 Å². The first-order valence-electron chi connectivity index (χ1n) is 7.70. The number of hydrogen-bond acceptors (Lipinski definition) is 3. The van der Waals surface area contributed by atoms with E-state index in [0.717, 1.165) is 42.9 Å². The quantitative estimate of drug-likeness (QED) is 0.730. The highest BCUT2D eigenvalue weighted by Gasteiger charge is 2.18. The first-order chi connectivity index (χ1) is 9.63. The van der Waals surface area contributed by atoms with Gasteiger partial charge in [-0.3, -0.25) is 0 Å². The van der Waals surface area contributed by atoms with E-state index in [0.29, 0.717) is 0 Å². The van der Waals surface area contributed by atoms with Crippen LogP contribution in [0.5, 0.6) is 11.5 Å². The average molecular weight is 279 g/mol. The zero-order valence-corrected chi connectivity index (χ0v) is 13.5. The van der Waals surface area contributed by atoms with E-state index < -0.39 is 0 Å². The largest absolute Gasteiger partial charge is 0.496 e. The fourth-order valence-electron chi connectivity index (χ4n) is 2.38. The summed E-state index contributed by atoms with van der Waals surface area (Å²) in [5.74, 6) is 1.82. The average Bonchev–Trinajstić information content (AvgIpc) is 2.44. The van der Waals surface area contributed by atoms with Crippen molar-refractivity contribution in [2.24, 2.45) is 0 Å². The fraction of sp³-hybridized carbons (Fsp3) is 0.647. The molecule has 0 aliphatic rings. The third-order valence-electron chi connectivity index (χ3n) is 3.40. The topological polar surface area (TPSA) is 30.5 Å². The van der Waals surface area contributed by atoms with Crippen molar-refractivity contribution < 1.29 is 9.47 Å². The van der Waals surface area contributed by atoms with Crippen molar-refractivity contribution in [1.29, 1.82) is 0 Å². The van der Waals surface area contributed by atoms with Crippen LogP contribution >= 0.6 is 0 Å². The summed E-state index contributed by atoms with van der Waals surface area (Å²) in [5, 5.41) is 3.51. The normalized spacial score (nSPS) is 13.8. The molecule has 1 rings (SSSR count). The third kappa shape index (κ3) is 4.71. The summed E-state index contributed by atoms with van der Waals surface area (Å²) in [6.45, 7) is 9.62. The molecule has 1 aromatic carbocycles. The Kier molecular flexibility index (Phi) is 7.45. The van der Waals surface area contributed by atoms with Gasteiger partial charge in [0.2, 0.25) is 0 Å². The highest BCUT2D eigenvalue weighted by atomic mass is 16.5. The Bertz CT molecular complexity index is 393. The predicted octanol–water partition coefficient (Wildman–Crippen LogP) is 4.32. The fourth-order valence-corrected chi connectivity index (χ4v) is 2.38. The molecular formula is C17H29NO2. The zero-order valence-electron chi connectivity index (χ0n) is 13.5. The minimum absolute atomic E-state index is 0.218. The molecule has 0 aliphatic carbocycles. The van der Waals surface area contributed by atoms with Crippen molar-refractivity contribution in [3.8, 4) is 11.5 Å². The van der Waals surface area contributed by atoms with Crippen molar-refractivity contribution in [2.45, 2.75) is 59.1 Å². The second-order valence-electron chi connectivity index (χ2n) is 5.27. The smallest absolute Gasteiger partial charge is 0.128 e. The van der Waals surface area contributed by atoms with Gasteiger partial charge in [-0.15, -0.1) is 0 Å². The zero-order chi connectivity index (χ0) is 15.0. The van der Waals surface area contributed by atoms with E-state index in [1.807, 2.05) is 18.2 Å². The molecule has 0 radical (unpaired) electrons. The lowest BCUT2D eigenvalue weighted by molar-refractivity contribution is 0.205. The highest BCUT2D eigenvalue weighted by molar-refractivity contribution is 5.46. The molecule has 3 heteroatoms. The lowest BCUT2D eigenvalue weighted by Crippen LogP contribution is -2.22.